The molecular formula is C14H12ClFN2OS. The summed E-state index contributed by atoms with van der Waals surface area (Å²) in [6.07, 6.45) is 0. The van der Waals surface area contributed by atoms with Crippen LogP contribution in [-0.4, -0.2) is 5.91 Å². The molecule has 2 heterocycles. The van der Waals surface area contributed by atoms with Crippen LogP contribution >= 0.6 is 22.9 Å². The fraction of sp³-hybridized carbons (Fsp3) is 0.214. The Balaban J connectivity index is 1.85. The van der Waals surface area contributed by atoms with Crippen LogP contribution < -0.4 is 10.6 Å². The Morgan fingerprint density at radius 2 is 2.20 bits per heavy atom. The van der Waals surface area contributed by atoms with E-state index in [1.54, 1.807) is 6.07 Å². The summed E-state index contributed by atoms with van der Waals surface area (Å²) in [6.45, 7) is 1.95. The highest BCUT2D eigenvalue weighted by Gasteiger charge is 2.32. The standard InChI is InChI=1S/C14H12ClFN2OS/c1-7(11-4-5-12(15)20-11)17-13-9-6-8(16)2-3-10(9)18-14(13)19/h2-7,13,17H,1H3,(H,18,19). The van der Waals surface area contributed by atoms with Crippen LogP contribution in [0.2, 0.25) is 4.34 Å². The van der Waals surface area contributed by atoms with E-state index in [1.807, 2.05) is 19.1 Å². The molecule has 2 unspecified atom stereocenters. The van der Waals surface area contributed by atoms with E-state index in [2.05, 4.69) is 10.6 Å². The molecule has 20 heavy (non-hydrogen) atoms. The van der Waals surface area contributed by atoms with Crippen molar-refractivity contribution >= 4 is 34.5 Å². The molecule has 0 saturated carbocycles. The van der Waals surface area contributed by atoms with Gasteiger partial charge in [-0.3, -0.25) is 10.1 Å². The maximum Gasteiger partial charge on any atom is 0.246 e. The average Bonchev–Trinajstić information content (AvgIpc) is 2.95. The van der Waals surface area contributed by atoms with Crippen LogP contribution in [0.5, 0.6) is 0 Å². The minimum absolute atomic E-state index is 0.0440. The zero-order chi connectivity index (χ0) is 14.3. The largest absolute Gasteiger partial charge is 0.324 e. The van der Waals surface area contributed by atoms with Crippen LogP contribution in [0, 0.1) is 5.82 Å². The highest BCUT2D eigenvalue weighted by Crippen LogP contribution is 2.34. The number of carbonyl (C=O) groups excluding carboxylic acids is 1. The first-order valence-corrected chi connectivity index (χ1v) is 7.35. The number of carbonyl (C=O) groups is 1. The summed E-state index contributed by atoms with van der Waals surface area (Å²) < 4.78 is 14.0. The Morgan fingerprint density at radius 1 is 1.40 bits per heavy atom. The van der Waals surface area contributed by atoms with Crippen molar-refractivity contribution in [3.63, 3.8) is 0 Å². The third kappa shape index (κ3) is 2.44. The van der Waals surface area contributed by atoms with E-state index in [0.717, 1.165) is 4.88 Å². The van der Waals surface area contributed by atoms with E-state index in [9.17, 15) is 9.18 Å². The molecule has 1 aromatic heterocycles. The predicted molar refractivity (Wildman–Crippen MR) is 78.7 cm³/mol. The third-order valence-corrected chi connectivity index (χ3v) is 4.70. The van der Waals surface area contributed by atoms with Gasteiger partial charge < -0.3 is 5.32 Å². The molecule has 2 aromatic rings. The summed E-state index contributed by atoms with van der Waals surface area (Å²) in [5, 5.41) is 5.96. The molecule has 1 aliphatic rings. The fourth-order valence-electron chi connectivity index (χ4n) is 2.29. The van der Waals surface area contributed by atoms with Crippen molar-refractivity contribution in [2.45, 2.75) is 19.0 Å². The molecule has 0 bridgehead atoms. The fourth-order valence-corrected chi connectivity index (χ4v) is 3.36. The Hall–Kier alpha value is -1.43. The van der Waals surface area contributed by atoms with Gasteiger partial charge in [0.25, 0.3) is 0 Å². The predicted octanol–water partition coefficient (Wildman–Crippen LogP) is 3.88. The number of rotatable bonds is 3. The van der Waals surface area contributed by atoms with Gasteiger partial charge in [-0.2, -0.15) is 0 Å². The maximum atomic E-state index is 13.3. The molecule has 2 N–H and O–H groups in total. The number of amides is 1. The van der Waals surface area contributed by atoms with Crippen LogP contribution in [0.25, 0.3) is 0 Å². The van der Waals surface area contributed by atoms with Crippen LogP contribution in [0.3, 0.4) is 0 Å². The van der Waals surface area contributed by atoms with Gasteiger partial charge in [0.05, 0.1) is 4.34 Å². The van der Waals surface area contributed by atoms with Crippen molar-refractivity contribution in [3.8, 4) is 0 Å². The summed E-state index contributed by atoms with van der Waals surface area (Å²) in [4.78, 5) is 13.0. The smallest absolute Gasteiger partial charge is 0.246 e. The number of anilines is 1. The normalized spacial score (nSPS) is 18.8. The first-order chi connectivity index (χ1) is 9.54. The highest BCUT2D eigenvalue weighted by molar-refractivity contribution is 7.16. The Kier molecular flexibility index (Phi) is 3.50. The Labute approximate surface area is 124 Å². The van der Waals surface area contributed by atoms with Gasteiger partial charge in [-0.25, -0.2) is 4.39 Å². The van der Waals surface area contributed by atoms with Crippen molar-refractivity contribution in [1.82, 2.24) is 5.32 Å². The third-order valence-electron chi connectivity index (χ3n) is 3.28. The lowest BCUT2D eigenvalue weighted by atomic mass is 10.1. The lowest BCUT2D eigenvalue weighted by Gasteiger charge is -2.17. The number of thiophene rings is 1. The van der Waals surface area contributed by atoms with Crippen molar-refractivity contribution in [1.29, 1.82) is 0 Å². The van der Waals surface area contributed by atoms with Gasteiger partial charge in [0.2, 0.25) is 5.91 Å². The zero-order valence-corrected chi connectivity index (χ0v) is 12.2. The molecule has 0 radical (unpaired) electrons. The molecule has 2 atom stereocenters. The number of nitrogens with one attached hydrogen (secondary N) is 2. The Morgan fingerprint density at radius 3 is 2.90 bits per heavy atom. The molecular weight excluding hydrogens is 299 g/mol. The van der Waals surface area contributed by atoms with E-state index < -0.39 is 6.04 Å². The summed E-state index contributed by atoms with van der Waals surface area (Å²) in [7, 11) is 0. The first-order valence-electron chi connectivity index (χ1n) is 6.16. The van der Waals surface area contributed by atoms with Gasteiger partial charge in [0.1, 0.15) is 11.9 Å². The lowest BCUT2D eigenvalue weighted by Crippen LogP contribution is -2.29. The van der Waals surface area contributed by atoms with Gasteiger partial charge in [-0.1, -0.05) is 11.6 Å². The molecule has 104 valence electrons. The Bertz CT molecular complexity index is 673. The van der Waals surface area contributed by atoms with Crippen LogP contribution in [0.4, 0.5) is 10.1 Å². The van der Waals surface area contributed by atoms with E-state index >= 15 is 0 Å². The van der Waals surface area contributed by atoms with E-state index in [4.69, 9.17) is 11.6 Å². The lowest BCUT2D eigenvalue weighted by molar-refractivity contribution is -0.117. The second-order valence-electron chi connectivity index (χ2n) is 4.68. The van der Waals surface area contributed by atoms with Crippen LogP contribution in [0.1, 0.15) is 29.4 Å². The molecule has 0 fully saturated rings. The molecule has 0 spiro atoms. The van der Waals surface area contributed by atoms with Crippen molar-refractivity contribution in [3.05, 3.63) is 50.9 Å². The molecule has 1 aromatic carbocycles. The molecule has 0 aliphatic carbocycles. The quantitative estimate of drug-likeness (QED) is 0.903. The number of hydrogen-bond acceptors (Lipinski definition) is 3. The second kappa shape index (κ2) is 5.16. The minimum atomic E-state index is -0.545. The highest BCUT2D eigenvalue weighted by atomic mass is 35.5. The molecule has 6 heteroatoms. The molecule has 1 amide bonds. The monoisotopic (exact) mass is 310 g/mol. The van der Waals surface area contributed by atoms with Crippen LogP contribution in [0.15, 0.2) is 30.3 Å². The molecule has 3 rings (SSSR count). The summed E-state index contributed by atoms with van der Waals surface area (Å²) in [5.74, 6) is -0.515. The molecule has 3 nitrogen and oxygen atoms in total. The van der Waals surface area contributed by atoms with Gasteiger partial charge in [-0.05, 0) is 37.3 Å². The minimum Gasteiger partial charge on any atom is -0.324 e. The average molecular weight is 311 g/mol. The number of hydrogen-bond donors (Lipinski definition) is 2. The maximum absolute atomic E-state index is 13.3. The van der Waals surface area contributed by atoms with Crippen molar-refractivity contribution in [2.24, 2.45) is 0 Å². The van der Waals surface area contributed by atoms with Crippen LogP contribution in [-0.2, 0) is 4.79 Å². The molecule has 0 saturated heterocycles. The number of benzene rings is 1. The van der Waals surface area contributed by atoms with Gasteiger partial charge in [0, 0.05) is 22.2 Å². The summed E-state index contributed by atoms with van der Waals surface area (Å²) in [6, 6.07) is 7.46. The SMILES string of the molecule is CC(NC1C(=O)Nc2ccc(F)cc21)c1ccc(Cl)s1. The zero-order valence-electron chi connectivity index (χ0n) is 10.6. The van der Waals surface area contributed by atoms with E-state index in [-0.39, 0.29) is 17.8 Å². The van der Waals surface area contributed by atoms with Crippen molar-refractivity contribution in [2.75, 3.05) is 5.32 Å². The topological polar surface area (TPSA) is 41.1 Å². The number of fused-ring (bicyclic) bond motifs is 1. The van der Waals surface area contributed by atoms with E-state index in [0.29, 0.717) is 15.6 Å². The van der Waals surface area contributed by atoms with Gasteiger partial charge >= 0.3 is 0 Å². The van der Waals surface area contributed by atoms with Gasteiger partial charge in [0.15, 0.2) is 0 Å². The van der Waals surface area contributed by atoms with Gasteiger partial charge in [-0.15, -0.1) is 11.3 Å². The number of halogens is 2. The molecule has 1 aliphatic heterocycles. The summed E-state index contributed by atoms with van der Waals surface area (Å²) >= 11 is 7.38. The first kappa shape index (κ1) is 13.5. The van der Waals surface area contributed by atoms with E-state index in [1.165, 1.54) is 23.5 Å². The van der Waals surface area contributed by atoms with Crippen molar-refractivity contribution < 1.29 is 9.18 Å². The second-order valence-corrected chi connectivity index (χ2v) is 6.43. The summed E-state index contributed by atoms with van der Waals surface area (Å²) in [5.41, 5.74) is 1.30.